The first-order valence-electron chi connectivity index (χ1n) is 21.2. The second kappa shape index (κ2) is 18.8. The van der Waals surface area contributed by atoms with Crippen molar-refractivity contribution in [3.8, 4) is 0 Å². The highest BCUT2D eigenvalue weighted by Crippen LogP contribution is 2.67. The number of hydrogen-bond donors (Lipinski definition) is 1. The van der Waals surface area contributed by atoms with Crippen molar-refractivity contribution in [3.63, 3.8) is 0 Å². The summed E-state index contributed by atoms with van der Waals surface area (Å²) in [6.07, 6.45) is 31.0. The molecule has 4 aliphatic rings. The Bertz CT molecular complexity index is 1030. The molecule has 0 radical (unpaired) electrons. The number of amides is 1. The van der Waals surface area contributed by atoms with Gasteiger partial charge in [-0.15, -0.1) is 0 Å². The molecule has 48 heavy (non-hydrogen) atoms. The maximum absolute atomic E-state index is 13.1. The average molecular weight is 668 g/mol. The third-order valence-electron chi connectivity index (χ3n) is 14.3. The lowest BCUT2D eigenvalue weighted by molar-refractivity contribution is -0.154. The lowest BCUT2D eigenvalue weighted by Gasteiger charge is -2.58. The molecule has 0 aliphatic heterocycles. The number of fused-ring (bicyclic) bond motifs is 5. The Labute approximate surface area is 297 Å². The van der Waals surface area contributed by atoms with Gasteiger partial charge < -0.3 is 10.1 Å². The summed E-state index contributed by atoms with van der Waals surface area (Å²) in [5.74, 6) is 4.74. The molecule has 4 nitrogen and oxygen atoms in total. The van der Waals surface area contributed by atoms with Crippen LogP contribution >= 0.6 is 0 Å². The van der Waals surface area contributed by atoms with E-state index < -0.39 is 6.04 Å². The van der Waals surface area contributed by atoms with Crippen molar-refractivity contribution in [1.82, 2.24) is 5.32 Å². The molecular formula is C44H77NO3. The molecule has 0 spiro atoms. The van der Waals surface area contributed by atoms with E-state index in [2.05, 4.69) is 52.9 Å². The summed E-state index contributed by atoms with van der Waals surface area (Å²) >= 11 is 0. The van der Waals surface area contributed by atoms with Gasteiger partial charge in [0.2, 0.25) is 5.91 Å². The molecule has 4 aliphatic carbocycles. The second-order valence-electron chi connectivity index (χ2n) is 18.2. The van der Waals surface area contributed by atoms with E-state index in [1.807, 2.05) is 0 Å². The van der Waals surface area contributed by atoms with Gasteiger partial charge >= 0.3 is 5.97 Å². The zero-order valence-electron chi connectivity index (χ0n) is 32.7. The summed E-state index contributed by atoms with van der Waals surface area (Å²) < 4.78 is 6.07. The largest absolute Gasteiger partial charge is 0.461 e. The molecular weight excluding hydrogens is 590 g/mol. The Balaban J connectivity index is 1.17. The van der Waals surface area contributed by atoms with E-state index in [0.29, 0.717) is 11.8 Å². The van der Waals surface area contributed by atoms with Crippen LogP contribution in [0.15, 0.2) is 11.6 Å². The van der Waals surface area contributed by atoms with E-state index >= 15 is 0 Å². The first-order chi connectivity index (χ1) is 23.0. The molecule has 1 amide bonds. The Kier molecular flexibility index (Phi) is 15.4. The molecule has 9 atom stereocenters. The molecule has 3 saturated carbocycles. The third kappa shape index (κ3) is 10.1. The third-order valence-corrected chi connectivity index (χ3v) is 14.3. The summed E-state index contributed by atoms with van der Waals surface area (Å²) in [6, 6.07) is -0.581. The number of rotatable bonds is 20. The lowest BCUT2D eigenvalue weighted by Crippen LogP contribution is -2.51. The van der Waals surface area contributed by atoms with Crippen molar-refractivity contribution in [1.29, 1.82) is 0 Å². The number of nitrogens with one attached hydrogen (secondary N) is 1. The molecule has 3 fully saturated rings. The SMILES string of the molecule is CCCCCCCCCCCCCC(=O)N[C@@H](C)C(=O)OC1CC[C@@]2(C)C(=CCC3C2CC[C@@]2(C)C3CC[C@@H]2[C@H](C)CCCC(C)C)C1. The number of unbranched alkanes of at least 4 members (excludes halogenated alkanes) is 10. The summed E-state index contributed by atoms with van der Waals surface area (Å²) in [6.45, 7) is 16.6. The molecule has 0 aromatic carbocycles. The fraction of sp³-hybridized carbons (Fsp3) is 0.909. The van der Waals surface area contributed by atoms with Crippen LogP contribution in [0, 0.1) is 46.3 Å². The Hall–Kier alpha value is -1.32. The molecule has 0 aromatic rings. The van der Waals surface area contributed by atoms with Crippen molar-refractivity contribution in [2.45, 2.75) is 208 Å². The van der Waals surface area contributed by atoms with Gasteiger partial charge in [-0.3, -0.25) is 4.79 Å². The minimum atomic E-state index is -0.581. The van der Waals surface area contributed by atoms with Crippen molar-refractivity contribution < 1.29 is 14.3 Å². The van der Waals surface area contributed by atoms with E-state index in [-0.39, 0.29) is 23.4 Å². The monoisotopic (exact) mass is 668 g/mol. The Morgan fingerprint density at radius 3 is 2.15 bits per heavy atom. The number of esters is 1. The normalized spacial score (nSPS) is 32.5. The van der Waals surface area contributed by atoms with Crippen molar-refractivity contribution in [2.75, 3.05) is 0 Å². The quantitative estimate of drug-likeness (QED) is 0.0798. The number of hydrogen-bond acceptors (Lipinski definition) is 3. The van der Waals surface area contributed by atoms with Gasteiger partial charge in [0.1, 0.15) is 12.1 Å². The second-order valence-corrected chi connectivity index (χ2v) is 18.2. The molecule has 4 unspecified atom stereocenters. The maximum Gasteiger partial charge on any atom is 0.328 e. The van der Waals surface area contributed by atoms with Crippen LogP contribution in [-0.2, 0) is 14.3 Å². The summed E-state index contributed by atoms with van der Waals surface area (Å²) in [5.41, 5.74) is 2.32. The van der Waals surface area contributed by atoms with Gasteiger partial charge in [0, 0.05) is 12.8 Å². The molecule has 4 rings (SSSR count). The van der Waals surface area contributed by atoms with Crippen LogP contribution in [0.2, 0.25) is 0 Å². The molecule has 0 aromatic heterocycles. The van der Waals surface area contributed by atoms with Crippen LogP contribution in [0.3, 0.4) is 0 Å². The smallest absolute Gasteiger partial charge is 0.328 e. The molecule has 0 saturated heterocycles. The zero-order chi connectivity index (χ0) is 34.7. The van der Waals surface area contributed by atoms with Crippen LogP contribution in [0.4, 0.5) is 0 Å². The van der Waals surface area contributed by atoms with E-state index in [1.54, 1.807) is 12.5 Å². The molecule has 276 valence electrons. The highest BCUT2D eigenvalue weighted by atomic mass is 16.5. The summed E-state index contributed by atoms with van der Waals surface area (Å²) in [4.78, 5) is 25.6. The van der Waals surface area contributed by atoms with Crippen LogP contribution < -0.4 is 5.32 Å². The highest BCUT2D eigenvalue weighted by Gasteiger charge is 2.59. The van der Waals surface area contributed by atoms with Crippen LogP contribution in [0.5, 0.6) is 0 Å². The molecule has 4 heteroatoms. The minimum Gasteiger partial charge on any atom is -0.461 e. The van der Waals surface area contributed by atoms with Gasteiger partial charge in [-0.2, -0.15) is 0 Å². The molecule has 0 heterocycles. The predicted octanol–water partition coefficient (Wildman–Crippen LogP) is 12.1. The van der Waals surface area contributed by atoms with E-state index in [9.17, 15) is 9.59 Å². The topological polar surface area (TPSA) is 55.4 Å². The van der Waals surface area contributed by atoms with Gasteiger partial charge in [0.05, 0.1) is 0 Å². The van der Waals surface area contributed by atoms with E-state index in [0.717, 1.165) is 67.6 Å². The molecule has 0 bridgehead atoms. The highest BCUT2D eigenvalue weighted by molar-refractivity contribution is 5.84. The lowest BCUT2D eigenvalue weighted by atomic mass is 9.47. The fourth-order valence-corrected chi connectivity index (χ4v) is 11.3. The van der Waals surface area contributed by atoms with Gasteiger partial charge in [-0.05, 0) is 105 Å². The van der Waals surface area contributed by atoms with E-state index in [1.165, 1.54) is 109 Å². The zero-order valence-corrected chi connectivity index (χ0v) is 32.7. The van der Waals surface area contributed by atoms with Crippen molar-refractivity contribution in [2.24, 2.45) is 46.3 Å². The van der Waals surface area contributed by atoms with Crippen LogP contribution in [0.1, 0.15) is 196 Å². The number of carbonyl (C=O) groups is 2. The summed E-state index contributed by atoms with van der Waals surface area (Å²) in [5, 5.41) is 2.93. The van der Waals surface area contributed by atoms with Gasteiger partial charge in [-0.25, -0.2) is 4.79 Å². The first kappa shape index (κ1) is 39.5. The predicted molar refractivity (Wildman–Crippen MR) is 202 cm³/mol. The fourth-order valence-electron chi connectivity index (χ4n) is 11.3. The number of carbonyl (C=O) groups excluding carboxylic acids is 2. The van der Waals surface area contributed by atoms with Crippen molar-refractivity contribution >= 4 is 11.9 Å². The number of allylic oxidation sites excluding steroid dienone is 1. The standard InChI is InChI=1S/C44H77NO3/c1-8-9-10-11-12-13-14-15-16-17-18-22-41(46)45-34(5)42(47)48-36-27-29-43(6)35(31-36)23-24-37-39-26-25-38(33(4)21-19-20-32(2)3)44(39,7)30-28-40(37)43/h23,32-34,36-40H,8-22,24-31H2,1-7H3,(H,45,46)/t33-,34+,36?,37?,38-,39?,40?,43+,44-/m1/s1. The van der Waals surface area contributed by atoms with Gasteiger partial charge in [0.25, 0.3) is 0 Å². The van der Waals surface area contributed by atoms with Gasteiger partial charge in [0.15, 0.2) is 0 Å². The Morgan fingerprint density at radius 2 is 1.48 bits per heavy atom. The number of ether oxygens (including phenoxy) is 1. The van der Waals surface area contributed by atoms with E-state index in [4.69, 9.17) is 4.74 Å². The maximum atomic E-state index is 13.1. The summed E-state index contributed by atoms with van der Waals surface area (Å²) in [7, 11) is 0. The average Bonchev–Trinajstić information content (AvgIpc) is 3.41. The van der Waals surface area contributed by atoms with Crippen LogP contribution in [0.25, 0.3) is 0 Å². The molecule has 1 N–H and O–H groups in total. The Morgan fingerprint density at radius 1 is 0.812 bits per heavy atom. The van der Waals surface area contributed by atoms with Gasteiger partial charge in [-0.1, -0.05) is 137 Å². The minimum absolute atomic E-state index is 0.0176. The van der Waals surface area contributed by atoms with Crippen molar-refractivity contribution in [3.05, 3.63) is 11.6 Å². The first-order valence-corrected chi connectivity index (χ1v) is 21.2. The van der Waals surface area contributed by atoms with Crippen LogP contribution in [-0.4, -0.2) is 24.0 Å².